The summed E-state index contributed by atoms with van der Waals surface area (Å²) < 4.78 is 25.1. The first-order valence-electron chi connectivity index (χ1n) is 3.19. The minimum absolute atomic E-state index is 0.347. The zero-order valence-electron chi connectivity index (χ0n) is 5.85. The standard InChI is InChI=1S/C6H9F2N3/c7-6(8,4-9)1-5-2-10-11-3-5/h2-3H,1,4,9H2,(H,10,11). The smallest absolute Gasteiger partial charge is 0.264 e. The highest BCUT2D eigenvalue weighted by atomic mass is 19.3. The second kappa shape index (κ2) is 2.96. The summed E-state index contributed by atoms with van der Waals surface area (Å²) >= 11 is 0. The van der Waals surface area contributed by atoms with Crippen LogP contribution in [-0.2, 0) is 6.42 Å². The van der Waals surface area contributed by atoms with Crippen molar-refractivity contribution in [2.75, 3.05) is 6.54 Å². The van der Waals surface area contributed by atoms with Gasteiger partial charge >= 0.3 is 0 Å². The molecule has 3 nitrogen and oxygen atoms in total. The number of nitrogens with two attached hydrogens (primary N) is 1. The van der Waals surface area contributed by atoms with Crippen molar-refractivity contribution >= 4 is 0 Å². The molecule has 1 heterocycles. The third kappa shape index (κ3) is 2.27. The highest BCUT2D eigenvalue weighted by molar-refractivity contribution is 5.05. The van der Waals surface area contributed by atoms with E-state index in [0.717, 1.165) is 0 Å². The monoisotopic (exact) mass is 161 g/mol. The lowest BCUT2D eigenvalue weighted by atomic mass is 10.1. The maximum Gasteiger partial charge on any atom is 0.264 e. The highest BCUT2D eigenvalue weighted by Crippen LogP contribution is 2.17. The van der Waals surface area contributed by atoms with Crippen molar-refractivity contribution < 1.29 is 8.78 Å². The predicted octanol–water partition coefficient (Wildman–Crippen LogP) is 0.546. The van der Waals surface area contributed by atoms with E-state index in [1.807, 2.05) is 0 Å². The van der Waals surface area contributed by atoms with Crippen molar-refractivity contribution in [3.05, 3.63) is 18.0 Å². The molecule has 5 heteroatoms. The van der Waals surface area contributed by atoms with Crippen LogP contribution in [0.2, 0.25) is 0 Å². The molecule has 0 aliphatic heterocycles. The molecule has 0 fully saturated rings. The molecule has 1 aromatic heterocycles. The van der Waals surface area contributed by atoms with Crippen molar-refractivity contribution in [3.8, 4) is 0 Å². The van der Waals surface area contributed by atoms with Gasteiger partial charge in [-0.05, 0) is 5.56 Å². The minimum Gasteiger partial charge on any atom is -0.325 e. The molecular weight excluding hydrogens is 152 g/mol. The van der Waals surface area contributed by atoms with E-state index in [1.165, 1.54) is 12.4 Å². The lowest BCUT2D eigenvalue weighted by Gasteiger charge is -2.11. The van der Waals surface area contributed by atoms with Gasteiger partial charge in [-0.1, -0.05) is 0 Å². The molecule has 0 saturated carbocycles. The molecule has 1 rings (SSSR count). The van der Waals surface area contributed by atoms with Crippen LogP contribution in [0.3, 0.4) is 0 Å². The van der Waals surface area contributed by atoms with Crippen LogP contribution >= 0.6 is 0 Å². The summed E-state index contributed by atoms with van der Waals surface area (Å²) in [6.07, 6.45) is 2.45. The van der Waals surface area contributed by atoms with Gasteiger partial charge in [-0.15, -0.1) is 0 Å². The van der Waals surface area contributed by atoms with Crippen molar-refractivity contribution in [3.63, 3.8) is 0 Å². The first-order valence-corrected chi connectivity index (χ1v) is 3.19. The average molecular weight is 161 g/mol. The molecule has 0 amide bonds. The van der Waals surface area contributed by atoms with Gasteiger partial charge in [0.2, 0.25) is 0 Å². The molecule has 1 aromatic rings. The van der Waals surface area contributed by atoms with Gasteiger partial charge in [0.15, 0.2) is 0 Å². The first-order chi connectivity index (χ1) is 5.14. The molecule has 3 N–H and O–H groups in total. The molecule has 0 saturated heterocycles. The Morgan fingerprint density at radius 2 is 2.36 bits per heavy atom. The van der Waals surface area contributed by atoms with E-state index in [0.29, 0.717) is 5.56 Å². The van der Waals surface area contributed by atoms with E-state index in [9.17, 15) is 8.78 Å². The number of aromatic nitrogens is 2. The Morgan fingerprint density at radius 1 is 1.64 bits per heavy atom. The summed E-state index contributed by atoms with van der Waals surface area (Å²) in [6.45, 7) is -0.627. The van der Waals surface area contributed by atoms with E-state index in [2.05, 4.69) is 10.2 Å². The van der Waals surface area contributed by atoms with Gasteiger partial charge < -0.3 is 5.73 Å². The number of alkyl halides is 2. The fourth-order valence-corrected chi connectivity index (χ4v) is 0.745. The van der Waals surface area contributed by atoms with Gasteiger partial charge in [-0.25, -0.2) is 8.78 Å². The highest BCUT2D eigenvalue weighted by Gasteiger charge is 2.27. The molecule has 0 aliphatic rings. The van der Waals surface area contributed by atoms with E-state index in [4.69, 9.17) is 5.73 Å². The van der Waals surface area contributed by atoms with Crippen LogP contribution in [0.4, 0.5) is 8.78 Å². The van der Waals surface area contributed by atoms with Gasteiger partial charge in [0, 0.05) is 12.6 Å². The average Bonchev–Trinajstić information content (AvgIpc) is 2.39. The SMILES string of the molecule is NCC(F)(F)Cc1cn[nH]c1. The number of rotatable bonds is 3. The third-order valence-electron chi connectivity index (χ3n) is 1.32. The van der Waals surface area contributed by atoms with E-state index >= 15 is 0 Å². The second-order valence-electron chi connectivity index (χ2n) is 2.34. The number of nitrogens with one attached hydrogen (secondary N) is 1. The number of aromatic amines is 1. The van der Waals surface area contributed by atoms with Gasteiger partial charge in [-0.3, -0.25) is 5.10 Å². The van der Waals surface area contributed by atoms with Crippen LogP contribution in [0.5, 0.6) is 0 Å². The first kappa shape index (κ1) is 8.13. The largest absolute Gasteiger partial charge is 0.325 e. The van der Waals surface area contributed by atoms with Crippen LogP contribution < -0.4 is 5.73 Å². The topological polar surface area (TPSA) is 54.7 Å². The zero-order chi connectivity index (χ0) is 8.32. The van der Waals surface area contributed by atoms with Crippen LogP contribution in [0.15, 0.2) is 12.4 Å². The van der Waals surface area contributed by atoms with Crippen LogP contribution in [0, 0.1) is 0 Å². The summed E-state index contributed by atoms with van der Waals surface area (Å²) in [6, 6.07) is 0. The predicted molar refractivity (Wildman–Crippen MR) is 36.3 cm³/mol. The molecule has 0 bridgehead atoms. The van der Waals surface area contributed by atoms with Crippen LogP contribution in [0.1, 0.15) is 5.56 Å². The molecule has 0 radical (unpaired) electrons. The maximum absolute atomic E-state index is 12.5. The van der Waals surface area contributed by atoms with Crippen molar-refractivity contribution in [1.29, 1.82) is 0 Å². The number of H-pyrrole nitrogens is 1. The van der Waals surface area contributed by atoms with Gasteiger partial charge in [0.05, 0.1) is 12.7 Å². The molecule has 0 aliphatic carbocycles. The van der Waals surface area contributed by atoms with E-state index in [1.54, 1.807) is 0 Å². The molecular formula is C6H9F2N3. The molecule has 11 heavy (non-hydrogen) atoms. The van der Waals surface area contributed by atoms with Gasteiger partial charge in [0.1, 0.15) is 0 Å². The number of halogens is 2. The Hall–Kier alpha value is -0.970. The molecule has 0 spiro atoms. The van der Waals surface area contributed by atoms with Gasteiger partial charge in [-0.2, -0.15) is 5.10 Å². The Kier molecular flexibility index (Phi) is 2.19. The summed E-state index contributed by atoms with van der Waals surface area (Å²) in [5, 5.41) is 5.99. The summed E-state index contributed by atoms with van der Waals surface area (Å²) in [5.41, 5.74) is 5.31. The zero-order valence-corrected chi connectivity index (χ0v) is 5.85. The fourth-order valence-electron chi connectivity index (χ4n) is 0.745. The van der Waals surface area contributed by atoms with Crippen molar-refractivity contribution in [1.82, 2.24) is 10.2 Å². The number of hydrogen-bond acceptors (Lipinski definition) is 2. The Balaban J connectivity index is 2.56. The van der Waals surface area contributed by atoms with Crippen LogP contribution in [0.25, 0.3) is 0 Å². The van der Waals surface area contributed by atoms with E-state index in [-0.39, 0.29) is 6.42 Å². The summed E-state index contributed by atoms with van der Waals surface area (Å²) in [5.74, 6) is -2.82. The van der Waals surface area contributed by atoms with Crippen molar-refractivity contribution in [2.45, 2.75) is 12.3 Å². The Morgan fingerprint density at radius 3 is 2.82 bits per heavy atom. The fraction of sp³-hybridized carbons (Fsp3) is 0.500. The maximum atomic E-state index is 12.5. The van der Waals surface area contributed by atoms with Gasteiger partial charge in [0.25, 0.3) is 5.92 Å². The van der Waals surface area contributed by atoms with Crippen molar-refractivity contribution in [2.24, 2.45) is 5.73 Å². The lowest BCUT2D eigenvalue weighted by Crippen LogP contribution is -2.29. The molecule has 0 aromatic carbocycles. The Labute approximate surface area is 62.6 Å². The minimum atomic E-state index is -2.82. The van der Waals surface area contributed by atoms with Crippen LogP contribution in [-0.4, -0.2) is 22.7 Å². The second-order valence-corrected chi connectivity index (χ2v) is 2.34. The number of nitrogens with zero attached hydrogens (tertiary/aromatic N) is 1. The normalized spacial score (nSPS) is 11.9. The quantitative estimate of drug-likeness (QED) is 0.680. The molecule has 0 unspecified atom stereocenters. The summed E-state index contributed by atoms with van der Waals surface area (Å²) in [7, 11) is 0. The van der Waals surface area contributed by atoms with E-state index < -0.39 is 12.5 Å². The molecule has 0 atom stereocenters. The number of hydrogen-bond donors (Lipinski definition) is 2. The molecule has 62 valence electrons. The third-order valence-corrected chi connectivity index (χ3v) is 1.32. The lowest BCUT2D eigenvalue weighted by molar-refractivity contribution is 0.0115. The summed E-state index contributed by atoms with van der Waals surface area (Å²) in [4.78, 5) is 0. The Bertz CT molecular complexity index is 208.